The van der Waals surface area contributed by atoms with E-state index in [1.807, 2.05) is 0 Å². The first-order valence-corrected chi connectivity index (χ1v) is 7.09. The third-order valence-electron chi connectivity index (χ3n) is 3.51. The van der Waals surface area contributed by atoms with Crippen molar-refractivity contribution in [2.45, 2.75) is 33.1 Å². The van der Waals surface area contributed by atoms with Gasteiger partial charge < -0.3 is 10.1 Å². The molecule has 0 aliphatic carbocycles. The quantitative estimate of drug-likeness (QED) is 0.707. The van der Waals surface area contributed by atoms with Crippen LogP contribution in [0.4, 0.5) is 0 Å². The maximum Gasteiger partial charge on any atom is 0.234 e. The molecular formula is C14H30N2O2. The second-order valence-corrected chi connectivity index (χ2v) is 5.69. The number of piperidine rings is 1. The van der Waals surface area contributed by atoms with E-state index in [4.69, 9.17) is 4.74 Å². The van der Waals surface area contributed by atoms with Gasteiger partial charge in [-0.2, -0.15) is 0 Å². The third-order valence-corrected chi connectivity index (χ3v) is 3.51. The van der Waals surface area contributed by atoms with Crippen LogP contribution in [0.2, 0.25) is 0 Å². The third kappa shape index (κ3) is 6.36. The lowest BCUT2D eigenvalue weighted by molar-refractivity contribution is -0.122. The molecule has 0 atom stereocenters. The van der Waals surface area contributed by atoms with Crippen LogP contribution in [0.5, 0.6) is 0 Å². The van der Waals surface area contributed by atoms with Gasteiger partial charge in [0.1, 0.15) is 0 Å². The first-order valence-electron chi connectivity index (χ1n) is 7.09. The molecule has 1 aliphatic heterocycles. The van der Waals surface area contributed by atoms with Gasteiger partial charge in [-0.3, -0.25) is 9.69 Å². The molecule has 4 nitrogen and oxygen atoms in total. The number of nitrogens with zero attached hydrogens (tertiary/aromatic N) is 1. The fourth-order valence-electron chi connectivity index (χ4n) is 2.60. The lowest BCUT2D eigenvalue weighted by atomic mass is 9.89. The Morgan fingerprint density at radius 2 is 2.11 bits per heavy atom. The van der Waals surface area contributed by atoms with Gasteiger partial charge in [0.05, 0.1) is 13.2 Å². The zero-order chi connectivity index (χ0) is 13.4. The van der Waals surface area contributed by atoms with Crippen molar-refractivity contribution in [3.05, 3.63) is 0 Å². The van der Waals surface area contributed by atoms with E-state index in [1.165, 1.54) is 19.3 Å². The Kier molecular flexibility index (Phi) is 7.28. The van der Waals surface area contributed by atoms with Crippen molar-refractivity contribution in [1.82, 2.24) is 10.2 Å². The van der Waals surface area contributed by atoms with Crippen LogP contribution in [-0.4, -0.2) is 50.7 Å². The minimum Gasteiger partial charge on any atom is -0.383 e. The van der Waals surface area contributed by atoms with Crippen LogP contribution in [0, 0.1) is 11.8 Å². The normalized spacial score (nSPS) is 18.2. The first-order chi connectivity index (χ1) is 8.61. The van der Waals surface area contributed by atoms with Crippen molar-refractivity contribution in [3.63, 3.8) is 0 Å². The van der Waals surface area contributed by atoms with E-state index in [0.717, 1.165) is 24.9 Å². The van der Waals surface area contributed by atoms with Crippen molar-refractivity contribution < 1.29 is 11.0 Å². The Morgan fingerprint density at radius 3 is 2.67 bits per heavy atom. The van der Waals surface area contributed by atoms with E-state index in [-0.39, 0.29) is 7.33 Å². The molecule has 0 unspecified atom stereocenters. The highest BCUT2D eigenvalue weighted by atomic mass is 16.5. The molecule has 18 heavy (non-hydrogen) atoms. The molecule has 0 bridgehead atoms. The summed E-state index contributed by atoms with van der Waals surface area (Å²) >= 11 is 0. The number of hydrogen-bond acceptors (Lipinski definition) is 3. The molecule has 1 saturated heterocycles. The summed E-state index contributed by atoms with van der Waals surface area (Å²) in [5, 5.41) is 2.87. The molecule has 4 heteroatoms. The Hall–Kier alpha value is -0.610. The number of carbonyl (C=O) groups is 1. The van der Waals surface area contributed by atoms with Crippen molar-refractivity contribution in [3.8, 4) is 0 Å². The number of rotatable bonds is 7. The van der Waals surface area contributed by atoms with Crippen molar-refractivity contribution in [1.29, 1.82) is 0 Å². The molecule has 1 rings (SSSR count). The molecule has 1 heterocycles. The topological polar surface area (TPSA) is 41.6 Å². The molecule has 108 valence electrons. The average molecular weight is 258 g/mol. The minimum atomic E-state index is 0. The summed E-state index contributed by atoms with van der Waals surface area (Å²) in [6, 6.07) is 0. The lowest BCUT2D eigenvalue weighted by Gasteiger charge is -2.32. The van der Waals surface area contributed by atoms with Gasteiger partial charge in [-0.1, -0.05) is 13.8 Å². The van der Waals surface area contributed by atoms with E-state index < -0.39 is 0 Å². The number of methoxy groups -OCH3 is 1. The molecule has 1 amide bonds. The molecule has 0 aromatic rings. The van der Waals surface area contributed by atoms with Crippen LogP contribution < -0.4 is 5.32 Å². The van der Waals surface area contributed by atoms with E-state index >= 15 is 0 Å². The second-order valence-electron chi connectivity index (χ2n) is 5.69. The molecule has 0 radical (unpaired) electrons. The summed E-state index contributed by atoms with van der Waals surface area (Å²) in [5.74, 6) is 1.77. The predicted octanol–water partition coefficient (Wildman–Crippen LogP) is 1.75. The van der Waals surface area contributed by atoms with E-state index in [0.29, 0.717) is 19.7 Å². The van der Waals surface area contributed by atoms with Crippen LogP contribution in [-0.2, 0) is 9.53 Å². The molecule has 1 N–H and O–H groups in total. The number of amides is 1. The summed E-state index contributed by atoms with van der Waals surface area (Å²) in [6.07, 6.45) is 3.81. The van der Waals surface area contributed by atoms with Gasteiger partial charge in [0.25, 0.3) is 0 Å². The van der Waals surface area contributed by atoms with Crippen LogP contribution in [0.25, 0.3) is 0 Å². The highest BCUT2D eigenvalue weighted by Gasteiger charge is 2.21. The van der Waals surface area contributed by atoms with Gasteiger partial charge in [-0.15, -0.1) is 0 Å². The van der Waals surface area contributed by atoms with Gasteiger partial charge >= 0.3 is 0 Å². The van der Waals surface area contributed by atoms with Gasteiger partial charge in [-0.05, 0) is 44.2 Å². The smallest absolute Gasteiger partial charge is 0.234 e. The summed E-state index contributed by atoms with van der Waals surface area (Å²) < 4.78 is 4.90. The largest absolute Gasteiger partial charge is 0.383 e. The van der Waals surface area contributed by atoms with Gasteiger partial charge in [-0.25, -0.2) is 0 Å². The number of carbonyl (C=O) groups excluding carboxylic acids is 1. The fourth-order valence-corrected chi connectivity index (χ4v) is 2.60. The van der Waals surface area contributed by atoms with Crippen molar-refractivity contribution >= 4 is 5.91 Å². The van der Waals surface area contributed by atoms with Gasteiger partial charge in [0.2, 0.25) is 5.91 Å². The number of likely N-dealkylation sites (tertiary alicyclic amines) is 1. The average Bonchev–Trinajstić information content (AvgIpc) is 2.31. The van der Waals surface area contributed by atoms with Gasteiger partial charge in [0, 0.05) is 15.1 Å². The zero-order valence-corrected chi connectivity index (χ0v) is 12.1. The fraction of sp³-hybridized carbons (Fsp3) is 0.929. The van der Waals surface area contributed by atoms with E-state index in [1.54, 1.807) is 7.11 Å². The maximum atomic E-state index is 11.6. The van der Waals surface area contributed by atoms with Gasteiger partial charge in [0.15, 0.2) is 0 Å². The highest BCUT2D eigenvalue weighted by Crippen LogP contribution is 2.23. The summed E-state index contributed by atoms with van der Waals surface area (Å²) in [4.78, 5) is 13.9. The van der Waals surface area contributed by atoms with Crippen molar-refractivity contribution in [2.75, 3.05) is 39.9 Å². The maximum absolute atomic E-state index is 11.6. The molecule has 0 aromatic carbocycles. The second kappa shape index (κ2) is 8.48. The number of ether oxygens (including phenoxy) is 1. The zero-order valence-electron chi connectivity index (χ0n) is 12.1. The summed E-state index contributed by atoms with van der Waals surface area (Å²) in [7, 11) is 1.64. The summed E-state index contributed by atoms with van der Waals surface area (Å²) in [6.45, 7) is 8.44. The molecular weight excluding hydrogens is 228 g/mol. The monoisotopic (exact) mass is 258 g/mol. The van der Waals surface area contributed by atoms with Crippen LogP contribution >= 0.6 is 0 Å². The lowest BCUT2D eigenvalue weighted by Crippen LogP contribution is -2.42. The standard InChI is InChI=1S/C14H28N2O2.H2/c1-12(2)10-13-4-7-16(8-5-13)11-14(17)15-6-9-18-3;/h12-13H,4-11H2,1-3H3,(H,15,17);1H. The van der Waals surface area contributed by atoms with Crippen molar-refractivity contribution in [2.24, 2.45) is 11.8 Å². The molecule has 0 saturated carbocycles. The molecule has 0 spiro atoms. The summed E-state index contributed by atoms with van der Waals surface area (Å²) in [5.41, 5.74) is 0. The Morgan fingerprint density at radius 1 is 1.44 bits per heavy atom. The Labute approximate surface area is 113 Å². The Balaban J connectivity index is 0.00000324. The SMILES string of the molecule is COCCNC(=O)CN1CCC(CC(C)C)CC1.[HH]. The molecule has 1 aliphatic rings. The van der Waals surface area contributed by atoms with E-state index in [2.05, 4.69) is 24.1 Å². The highest BCUT2D eigenvalue weighted by molar-refractivity contribution is 5.77. The molecule has 0 aromatic heterocycles. The van der Waals surface area contributed by atoms with E-state index in [9.17, 15) is 4.79 Å². The number of nitrogens with one attached hydrogen (secondary N) is 1. The number of hydrogen-bond donors (Lipinski definition) is 1. The van der Waals surface area contributed by atoms with Crippen LogP contribution in [0.3, 0.4) is 0 Å². The minimum absolute atomic E-state index is 0. The van der Waals surface area contributed by atoms with Crippen LogP contribution in [0.15, 0.2) is 0 Å². The predicted molar refractivity (Wildman–Crippen MR) is 75.6 cm³/mol. The van der Waals surface area contributed by atoms with Crippen LogP contribution in [0.1, 0.15) is 34.5 Å². The first kappa shape index (κ1) is 15.4. The Bertz CT molecular complexity index is 242. The molecule has 1 fully saturated rings.